The van der Waals surface area contributed by atoms with Gasteiger partial charge in [-0.3, -0.25) is 4.79 Å². The zero-order valence-corrected chi connectivity index (χ0v) is 57.9. The lowest BCUT2D eigenvalue weighted by molar-refractivity contribution is -0.396. The Bertz CT molecular complexity index is 2940. The summed E-state index contributed by atoms with van der Waals surface area (Å²) < 4.78 is 100. The summed E-state index contributed by atoms with van der Waals surface area (Å²) >= 11 is 0. The molecule has 48 nitrogen and oxygen atoms in total. The second-order valence-electron chi connectivity index (χ2n) is 27.8. The minimum atomic E-state index is -2.52. The van der Waals surface area contributed by atoms with Gasteiger partial charge in [-0.15, -0.1) is 5.10 Å². The molecule has 0 saturated carbocycles. The van der Waals surface area contributed by atoms with E-state index in [1.807, 2.05) is 0 Å². The smallest absolute Gasteiger partial charge is 0.221 e. The Hall–Kier alpha value is -3.11. The van der Waals surface area contributed by atoms with E-state index in [4.69, 9.17) is 80.5 Å². The van der Waals surface area contributed by atoms with Crippen LogP contribution in [0, 0.1) is 6.92 Å². The van der Waals surface area contributed by atoms with Gasteiger partial charge in [0.1, 0.15) is 207 Å². The molecule has 10 heterocycles. The van der Waals surface area contributed by atoms with Crippen molar-refractivity contribution >= 4 is 5.91 Å². The lowest BCUT2D eigenvalue weighted by atomic mass is 9.95. The van der Waals surface area contributed by atoms with Gasteiger partial charge in [0, 0.05) is 6.92 Å². The fraction of sp³-hybridized carbons (Fsp3) is 0.950. The molecule has 10 rings (SSSR count). The topological polar surface area (TPSA) is 734 Å². The van der Waals surface area contributed by atoms with E-state index < -0.39 is 336 Å². The van der Waals surface area contributed by atoms with E-state index in [1.165, 1.54) is 11.6 Å². The van der Waals surface area contributed by atoms with Crippen LogP contribution in [0.25, 0.3) is 0 Å². The maximum atomic E-state index is 13.3. The third kappa shape index (κ3) is 18.9. The maximum absolute atomic E-state index is 13.3. The van der Waals surface area contributed by atoms with Crippen LogP contribution in [-0.2, 0) is 98.4 Å². The summed E-state index contributed by atoms with van der Waals surface area (Å²) in [4.78, 5) is 14.2. The largest absolute Gasteiger partial charge is 0.394 e. The van der Waals surface area contributed by atoms with Gasteiger partial charge in [-0.2, -0.15) is 0 Å². The minimum absolute atomic E-state index is 0.00194. The average Bonchev–Trinajstić information content (AvgIpc) is 1.25. The third-order valence-electron chi connectivity index (χ3n) is 20.1. The van der Waals surface area contributed by atoms with E-state index in [0.29, 0.717) is 5.69 Å². The van der Waals surface area contributed by atoms with Crippen molar-refractivity contribution in [2.75, 3.05) is 59.5 Å². The van der Waals surface area contributed by atoms with Gasteiger partial charge in [-0.05, 0) is 13.8 Å². The maximum Gasteiger partial charge on any atom is 0.221 e. The molecule has 1 amide bonds. The highest BCUT2D eigenvalue weighted by Crippen LogP contribution is 2.39. The summed E-state index contributed by atoms with van der Waals surface area (Å²) in [6.45, 7) is -4.35. The summed E-state index contributed by atoms with van der Waals surface area (Å²) in [6, 6.07) is 0. The normalized spacial score (nSPS) is 48.8. The van der Waals surface area contributed by atoms with E-state index in [0.717, 1.165) is 11.8 Å². The van der Waals surface area contributed by atoms with Gasteiger partial charge >= 0.3 is 0 Å². The number of aliphatic hydroxyl groups excluding tert-OH is 26. The van der Waals surface area contributed by atoms with E-state index in [-0.39, 0.29) is 12.2 Å². The zero-order chi connectivity index (χ0) is 78.9. The van der Waals surface area contributed by atoms with E-state index >= 15 is 0 Å². The molecule has 48 heteroatoms. The van der Waals surface area contributed by atoms with Gasteiger partial charge < -0.3 is 218 Å². The molecule has 0 aromatic carbocycles. The van der Waals surface area contributed by atoms with E-state index in [9.17, 15) is 138 Å². The summed E-state index contributed by atoms with van der Waals surface area (Å²) in [5.41, 5.74) is 0.534. The molecular weight excluding hydrogens is 1480 g/mol. The van der Waals surface area contributed by atoms with E-state index in [1.54, 1.807) is 6.92 Å². The number of carbonyl (C=O) groups is 1. The van der Waals surface area contributed by atoms with Crippen molar-refractivity contribution in [2.45, 2.75) is 298 Å². The van der Waals surface area contributed by atoms with Gasteiger partial charge in [0.25, 0.3) is 0 Å². The van der Waals surface area contributed by atoms with Crippen molar-refractivity contribution in [1.29, 1.82) is 0 Å². The molecule has 108 heavy (non-hydrogen) atoms. The van der Waals surface area contributed by atoms with Crippen molar-refractivity contribution < 1.29 is 218 Å². The Balaban J connectivity index is 0.946. The number of nitrogens with zero attached hydrogens (tertiary/aromatic N) is 4. The number of carbonyl (C=O) groups excluding carboxylic acids is 1. The van der Waals surface area contributed by atoms with Crippen LogP contribution in [-0.4, -0.2) is 482 Å². The lowest BCUT2D eigenvalue weighted by Crippen LogP contribution is -2.68. The molecule has 43 atom stereocenters. The molecule has 17 unspecified atom stereocenters. The first-order chi connectivity index (χ1) is 51.1. The van der Waals surface area contributed by atoms with Crippen molar-refractivity contribution in [3.63, 3.8) is 0 Å². The molecule has 0 radical (unpaired) electrons. The van der Waals surface area contributed by atoms with Crippen LogP contribution in [0.3, 0.4) is 0 Å². The standard InChI is InChI=1S/C60H100N4O44/c1-15(68)4-64-16(2)18(61-62-64)5-63(17(3)69)52-40(85)37(82)47(24(8-67)98-52)104-57-45(90)38(83)49(27(102-57)14-97-60-51(30(75)21(72)11-94-60)108-55-43(88)35(80)32(77)23(7-66)100-55)106-58-46(91)39(84)48(105-56-44(89)36(81)33(78)25(101-56)12-95-53-41(86)28(73)19(70)9-92-53)26(103-58)13-96-59-50(29(74)20(71)10-93-59)107-54-42(87)34(79)31(76)22(6-65)99-54/h15,19-60,65-68,70-91H,4-14H2,1-3H3/t15?,19-,20-,21-,22?,23?,24+,25?,26+,27?,28-,29?,30-,31-,32-,33-,34-,35-,36-,37?,38+,39?,40?,41?,42?,43+,44?,45?,46?,47+,48+,49-,50?,51?,52-,53-,54-,55?,56-,57-,58+,59-,60-/m0/s1. The van der Waals surface area contributed by atoms with Gasteiger partial charge in [0.2, 0.25) is 5.91 Å². The first-order valence-corrected chi connectivity index (χ1v) is 34.6. The molecule has 1 aromatic rings. The van der Waals surface area contributed by atoms with Crippen LogP contribution in [0.4, 0.5) is 0 Å². The lowest BCUT2D eigenvalue weighted by Gasteiger charge is -2.50. The molecule has 9 fully saturated rings. The van der Waals surface area contributed by atoms with Crippen LogP contribution < -0.4 is 0 Å². The van der Waals surface area contributed by atoms with Crippen LogP contribution >= 0.6 is 0 Å². The fourth-order valence-electron chi connectivity index (χ4n) is 13.5. The molecule has 0 aliphatic carbocycles. The number of ether oxygens (including phenoxy) is 17. The number of aliphatic hydroxyl groups is 26. The number of hydrogen-bond donors (Lipinski definition) is 26. The minimum Gasteiger partial charge on any atom is -0.394 e. The summed E-state index contributed by atoms with van der Waals surface area (Å²) in [6.07, 6.45) is -86.6. The molecule has 624 valence electrons. The number of amides is 1. The quantitative estimate of drug-likeness (QED) is 0.0389. The van der Waals surface area contributed by atoms with Crippen molar-refractivity contribution in [3.8, 4) is 0 Å². The molecule has 1 aromatic heterocycles. The van der Waals surface area contributed by atoms with Crippen molar-refractivity contribution in [1.82, 2.24) is 19.9 Å². The highest BCUT2D eigenvalue weighted by molar-refractivity contribution is 5.73. The fourth-order valence-corrected chi connectivity index (χ4v) is 13.5. The Morgan fingerprint density at radius 2 is 0.741 bits per heavy atom. The van der Waals surface area contributed by atoms with Crippen LogP contribution in [0.2, 0.25) is 0 Å². The predicted molar refractivity (Wildman–Crippen MR) is 329 cm³/mol. The summed E-state index contributed by atoms with van der Waals surface area (Å²) in [7, 11) is 0. The molecule has 9 aliphatic heterocycles. The first-order valence-electron chi connectivity index (χ1n) is 34.6. The first kappa shape index (κ1) is 87.3. The van der Waals surface area contributed by atoms with Gasteiger partial charge in [0.15, 0.2) is 56.5 Å². The Morgan fingerprint density at radius 1 is 0.407 bits per heavy atom. The van der Waals surface area contributed by atoms with Crippen LogP contribution in [0.5, 0.6) is 0 Å². The molecule has 9 saturated heterocycles. The Morgan fingerprint density at radius 3 is 1.16 bits per heavy atom. The van der Waals surface area contributed by atoms with Gasteiger partial charge in [-0.25, -0.2) is 4.68 Å². The molecule has 0 bridgehead atoms. The van der Waals surface area contributed by atoms with E-state index in [2.05, 4.69) is 10.3 Å². The Kier molecular flexibility index (Phi) is 30.4. The van der Waals surface area contributed by atoms with Crippen LogP contribution in [0.15, 0.2) is 0 Å². The monoisotopic (exact) mass is 1580 g/mol. The number of aromatic nitrogens is 3. The average molecular weight is 1580 g/mol. The number of hydrogen-bond acceptors (Lipinski definition) is 46. The zero-order valence-electron chi connectivity index (χ0n) is 57.9. The Labute approximate surface area is 611 Å². The SMILES string of the molecule is CC(=O)N(Cc1nnn(CC(C)O)c1C)[C@H]1O[C@H](CO)[C@@H](O[C@@H]2OC(CO[C@@H]3OC[C@H](O)[C@H](O)C3OC3OC(CO)[C@H](O)[C@H](O)[C@H]3O)[C@H](O[C@H]3O[C@H](CO[C@@H]4OC[C@H](O)C(O)C4O[C@@H]4OC(CO)[C@H](O)[C@H](O)C4O)[C@@H](O[C@@H]4OC(CO[C@@H]5OC[C@H](O)[C@H](O)C5O)[C@H](O)[C@H](O)C4O)C(O)C3O)[C@H](O)C2O)C(O)C1O. The summed E-state index contributed by atoms with van der Waals surface area (Å²) in [5.74, 6) is -0.763. The number of rotatable bonds is 27. The molecule has 0 spiro atoms. The second kappa shape index (κ2) is 37.7. The highest BCUT2D eigenvalue weighted by atomic mass is 16.8. The second-order valence-corrected chi connectivity index (χ2v) is 27.8. The molecular formula is C60H100N4O44. The van der Waals surface area contributed by atoms with Crippen molar-refractivity contribution in [2.24, 2.45) is 0 Å². The molecule has 26 N–H and O–H groups in total. The summed E-state index contributed by atoms with van der Waals surface area (Å²) in [5, 5.41) is 294. The third-order valence-corrected chi connectivity index (χ3v) is 20.1. The molecule has 9 aliphatic rings. The van der Waals surface area contributed by atoms with Crippen molar-refractivity contribution in [3.05, 3.63) is 11.4 Å². The van der Waals surface area contributed by atoms with Crippen LogP contribution in [0.1, 0.15) is 25.2 Å². The predicted octanol–water partition coefficient (Wildman–Crippen LogP) is -18.4. The van der Waals surface area contributed by atoms with Gasteiger partial charge in [0.05, 0.1) is 84.3 Å². The van der Waals surface area contributed by atoms with Gasteiger partial charge in [-0.1, -0.05) is 5.21 Å². The highest BCUT2D eigenvalue weighted by Gasteiger charge is 2.59.